The minimum atomic E-state index is 0.0684. The van der Waals surface area contributed by atoms with E-state index in [-0.39, 0.29) is 11.2 Å². The molecule has 116 valence electrons. The van der Waals surface area contributed by atoms with Crippen molar-refractivity contribution >= 4 is 40.8 Å². The molecule has 1 atom stereocenters. The number of rotatable bonds is 2. The van der Waals surface area contributed by atoms with Crippen molar-refractivity contribution in [3.63, 3.8) is 0 Å². The number of amides is 1. The smallest absolute Gasteiger partial charge is 0.242 e. The van der Waals surface area contributed by atoms with Crippen LogP contribution in [0.1, 0.15) is 12.0 Å². The first-order valence-electron chi connectivity index (χ1n) is 7.35. The van der Waals surface area contributed by atoms with Gasteiger partial charge in [0.15, 0.2) is 0 Å². The maximum Gasteiger partial charge on any atom is 0.242 e. The lowest BCUT2D eigenvalue weighted by atomic mass is 10.1. The highest BCUT2D eigenvalue weighted by atomic mass is 35.5. The number of halogens is 1. The van der Waals surface area contributed by atoms with Crippen LogP contribution in [0.2, 0.25) is 5.02 Å². The number of hydrogen-bond acceptors (Lipinski definition) is 4. The fraction of sp³-hybridized carbons (Fsp3) is 0.176. The van der Waals surface area contributed by atoms with Crippen LogP contribution in [0.15, 0.2) is 58.4 Å². The Kier molecular flexibility index (Phi) is 3.75. The molecule has 1 N–H and O–H groups in total. The summed E-state index contributed by atoms with van der Waals surface area (Å²) in [6, 6.07) is 15.5. The molecule has 1 unspecified atom stereocenters. The number of amidine groups is 1. The molecule has 0 radical (unpaired) electrons. The SMILES string of the molecule is O=C1CC2Sc3ccccc3N=C2NN1Cc1ccc(Cl)cc1. The lowest BCUT2D eigenvalue weighted by molar-refractivity contribution is -0.134. The molecule has 0 aromatic heterocycles. The first-order chi connectivity index (χ1) is 11.2. The largest absolute Gasteiger partial charge is 0.282 e. The zero-order valence-electron chi connectivity index (χ0n) is 12.2. The molecular weight excluding hydrogens is 330 g/mol. The topological polar surface area (TPSA) is 44.7 Å². The van der Waals surface area contributed by atoms with Gasteiger partial charge in [0.25, 0.3) is 0 Å². The van der Waals surface area contributed by atoms with E-state index in [1.54, 1.807) is 16.8 Å². The molecule has 0 bridgehead atoms. The zero-order chi connectivity index (χ0) is 15.8. The van der Waals surface area contributed by atoms with Crippen molar-refractivity contribution in [1.29, 1.82) is 0 Å². The van der Waals surface area contributed by atoms with Gasteiger partial charge in [0, 0.05) is 16.3 Å². The standard InChI is InChI=1S/C17H14ClN3OS/c18-12-7-5-11(6-8-12)10-21-16(22)9-15-17(20-21)19-13-3-1-2-4-14(13)23-15/h1-8,15H,9-10H2,(H,19,20). The Morgan fingerprint density at radius 1 is 1.22 bits per heavy atom. The van der Waals surface area contributed by atoms with Crippen LogP contribution in [0.3, 0.4) is 0 Å². The van der Waals surface area contributed by atoms with Gasteiger partial charge in [-0.3, -0.25) is 15.2 Å². The van der Waals surface area contributed by atoms with Gasteiger partial charge >= 0.3 is 0 Å². The Hall–Kier alpha value is -1.98. The molecular formula is C17H14ClN3OS. The number of hydrazine groups is 1. The minimum Gasteiger partial charge on any atom is -0.282 e. The van der Waals surface area contributed by atoms with Crippen LogP contribution in [0.5, 0.6) is 0 Å². The maximum atomic E-state index is 12.4. The summed E-state index contributed by atoms with van der Waals surface area (Å²) in [5.74, 6) is 0.929. The molecule has 23 heavy (non-hydrogen) atoms. The van der Waals surface area contributed by atoms with Crippen LogP contribution in [0, 0.1) is 0 Å². The Bertz CT molecular complexity index is 791. The number of hydrogen-bond donors (Lipinski definition) is 1. The fourth-order valence-electron chi connectivity index (χ4n) is 2.66. The summed E-state index contributed by atoms with van der Waals surface area (Å²) < 4.78 is 0. The van der Waals surface area contributed by atoms with Crippen molar-refractivity contribution in [3.8, 4) is 0 Å². The van der Waals surface area contributed by atoms with Gasteiger partial charge in [-0.15, -0.1) is 11.8 Å². The predicted molar refractivity (Wildman–Crippen MR) is 92.9 cm³/mol. The first kappa shape index (κ1) is 14.6. The van der Waals surface area contributed by atoms with Gasteiger partial charge < -0.3 is 0 Å². The lowest BCUT2D eigenvalue weighted by Gasteiger charge is -2.36. The van der Waals surface area contributed by atoms with Crippen molar-refractivity contribution < 1.29 is 4.79 Å². The van der Waals surface area contributed by atoms with E-state index in [1.807, 2.05) is 48.5 Å². The summed E-state index contributed by atoms with van der Waals surface area (Å²) >= 11 is 7.60. The van der Waals surface area contributed by atoms with Crippen molar-refractivity contribution in [2.24, 2.45) is 4.99 Å². The van der Waals surface area contributed by atoms with Gasteiger partial charge in [-0.05, 0) is 29.8 Å². The van der Waals surface area contributed by atoms with Gasteiger partial charge in [-0.25, -0.2) is 4.99 Å². The molecule has 2 aromatic rings. The van der Waals surface area contributed by atoms with E-state index in [4.69, 9.17) is 11.6 Å². The second-order valence-corrected chi connectivity index (χ2v) is 7.17. The number of carbonyl (C=O) groups excluding carboxylic acids is 1. The van der Waals surface area contributed by atoms with E-state index in [0.29, 0.717) is 18.0 Å². The summed E-state index contributed by atoms with van der Waals surface area (Å²) in [6.45, 7) is 0.494. The van der Waals surface area contributed by atoms with E-state index in [0.717, 1.165) is 22.0 Å². The van der Waals surface area contributed by atoms with Crippen molar-refractivity contribution in [1.82, 2.24) is 10.4 Å². The molecule has 1 fully saturated rings. The average Bonchev–Trinajstić information content (AvgIpc) is 2.56. The average molecular weight is 344 g/mol. The number of fused-ring (bicyclic) bond motifs is 2. The molecule has 0 spiro atoms. The fourth-order valence-corrected chi connectivity index (χ4v) is 3.93. The number of benzene rings is 2. The second-order valence-electron chi connectivity index (χ2n) is 5.49. The monoisotopic (exact) mass is 343 g/mol. The quantitative estimate of drug-likeness (QED) is 0.902. The van der Waals surface area contributed by atoms with E-state index in [1.165, 1.54) is 0 Å². The highest BCUT2D eigenvalue weighted by molar-refractivity contribution is 8.01. The molecule has 1 amide bonds. The Balaban J connectivity index is 1.57. The maximum absolute atomic E-state index is 12.4. The Morgan fingerprint density at radius 3 is 2.83 bits per heavy atom. The molecule has 6 heteroatoms. The highest BCUT2D eigenvalue weighted by Crippen LogP contribution is 2.39. The third-order valence-electron chi connectivity index (χ3n) is 3.84. The van der Waals surface area contributed by atoms with Gasteiger partial charge in [0.1, 0.15) is 5.84 Å². The molecule has 4 rings (SSSR count). The number of nitrogens with one attached hydrogen (secondary N) is 1. The van der Waals surface area contributed by atoms with Gasteiger partial charge in [-0.2, -0.15) is 0 Å². The van der Waals surface area contributed by atoms with E-state index in [9.17, 15) is 4.79 Å². The first-order valence-corrected chi connectivity index (χ1v) is 8.60. The van der Waals surface area contributed by atoms with Crippen LogP contribution in [-0.4, -0.2) is 22.0 Å². The normalized spacial score (nSPS) is 19.5. The highest BCUT2D eigenvalue weighted by Gasteiger charge is 2.34. The van der Waals surface area contributed by atoms with Crippen LogP contribution in [0.4, 0.5) is 5.69 Å². The molecule has 0 aliphatic carbocycles. The van der Waals surface area contributed by atoms with Crippen LogP contribution in [-0.2, 0) is 11.3 Å². The van der Waals surface area contributed by atoms with Crippen LogP contribution < -0.4 is 5.43 Å². The summed E-state index contributed by atoms with van der Waals surface area (Å²) in [5, 5.41) is 2.39. The molecule has 2 heterocycles. The Morgan fingerprint density at radius 2 is 2.00 bits per heavy atom. The number of aliphatic imine (C=N–C) groups is 1. The summed E-state index contributed by atoms with van der Waals surface area (Å²) in [5.41, 5.74) is 5.17. The predicted octanol–water partition coefficient (Wildman–Crippen LogP) is 3.78. The lowest BCUT2D eigenvalue weighted by Crippen LogP contribution is -2.55. The molecule has 2 aromatic carbocycles. The van der Waals surface area contributed by atoms with Gasteiger partial charge in [0.05, 0.1) is 17.5 Å². The zero-order valence-corrected chi connectivity index (χ0v) is 13.8. The molecule has 1 saturated heterocycles. The minimum absolute atomic E-state index is 0.0684. The van der Waals surface area contributed by atoms with Gasteiger partial charge in [-0.1, -0.05) is 35.9 Å². The molecule has 2 aliphatic heterocycles. The molecule has 2 aliphatic rings. The van der Waals surface area contributed by atoms with Crippen LogP contribution >= 0.6 is 23.4 Å². The van der Waals surface area contributed by atoms with Crippen molar-refractivity contribution in [2.45, 2.75) is 23.1 Å². The van der Waals surface area contributed by atoms with Crippen molar-refractivity contribution in [2.75, 3.05) is 0 Å². The van der Waals surface area contributed by atoms with Crippen molar-refractivity contribution in [3.05, 3.63) is 59.1 Å². The summed E-state index contributed by atoms with van der Waals surface area (Å²) in [7, 11) is 0. The van der Waals surface area contributed by atoms with Crippen LogP contribution in [0.25, 0.3) is 0 Å². The van der Waals surface area contributed by atoms with E-state index < -0.39 is 0 Å². The van der Waals surface area contributed by atoms with E-state index >= 15 is 0 Å². The number of nitrogens with zero attached hydrogens (tertiary/aromatic N) is 2. The third-order valence-corrected chi connectivity index (χ3v) is 5.37. The number of thioether (sulfide) groups is 1. The number of para-hydroxylation sites is 1. The molecule has 4 nitrogen and oxygen atoms in total. The Labute approximate surface area is 143 Å². The number of carbonyl (C=O) groups is 1. The van der Waals surface area contributed by atoms with Gasteiger partial charge in [0.2, 0.25) is 5.91 Å². The van der Waals surface area contributed by atoms with E-state index in [2.05, 4.69) is 10.4 Å². The molecule has 0 saturated carbocycles. The summed E-state index contributed by atoms with van der Waals surface area (Å²) in [4.78, 5) is 18.2. The second kappa shape index (κ2) is 5.91. The third kappa shape index (κ3) is 2.94. The summed E-state index contributed by atoms with van der Waals surface area (Å²) in [6.07, 6.45) is 0.457.